The molecular formula is C32H39N7O2S. The molecule has 3 saturated carbocycles. The number of carbonyl (C=O) groups is 1. The van der Waals surface area contributed by atoms with Crippen LogP contribution in [0.25, 0.3) is 5.82 Å². The van der Waals surface area contributed by atoms with Gasteiger partial charge >= 0.3 is 0 Å². The van der Waals surface area contributed by atoms with Crippen LogP contribution in [0.3, 0.4) is 0 Å². The second kappa shape index (κ2) is 9.62. The highest BCUT2D eigenvalue weighted by molar-refractivity contribution is 7.97. The molecule has 1 saturated heterocycles. The third-order valence-electron chi connectivity index (χ3n) is 10.7. The van der Waals surface area contributed by atoms with Gasteiger partial charge in [0.2, 0.25) is 5.88 Å². The van der Waals surface area contributed by atoms with E-state index in [0.717, 1.165) is 62.1 Å². The minimum atomic E-state index is -0.185. The van der Waals surface area contributed by atoms with Crippen LogP contribution in [0.5, 0.6) is 5.88 Å². The summed E-state index contributed by atoms with van der Waals surface area (Å²) < 4.78 is 10.9. The highest BCUT2D eigenvalue weighted by atomic mass is 32.2. The quantitative estimate of drug-likeness (QED) is 0.359. The standard InChI is InChI=1S/C32H39N7O2S/c1-30(2)19-21-5-4-16-33-24-6-3-7-27(34-24)42-37-29(40)22-8-9-25(35-28(22)38(30)20-21)39-17-10-26(36-39)41-18-11-23-31(12-13-31)32(23)14-15-32/h3,6-10,17,21,23H,4-5,11-16,18-20H2,1-2H3,(H,33,34)(H,37,40). The third-order valence-corrected chi connectivity index (χ3v) is 11.4. The maximum Gasteiger partial charge on any atom is 0.265 e. The van der Waals surface area contributed by atoms with Gasteiger partial charge in [-0.1, -0.05) is 6.07 Å². The monoisotopic (exact) mass is 585 g/mol. The van der Waals surface area contributed by atoms with Crippen molar-refractivity contribution in [1.29, 1.82) is 0 Å². The predicted molar refractivity (Wildman–Crippen MR) is 163 cm³/mol. The molecule has 1 amide bonds. The molecule has 10 heteroatoms. The van der Waals surface area contributed by atoms with Crippen molar-refractivity contribution < 1.29 is 9.53 Å². The van der Waals surface area contributed by atoms with Crippen LogP contribution >= 0.6 is 11.9 Å². The molecule has 0 radical (unpaired) electrons. The number of pyridine rings is 2. The Hall–Kier alpha value is -3.27. The summed E-state index contributed by atoms with van der Waals surface area (Å²) in [6.45, 7) is 6.96. The van der Waals surface area contributed by atoms with Crippen LogP contribution < -0.4 is 19.7 Å². The van der Waals surface area contributed by atoms with Gasteiger partial charge < -0.3 is 15.0 Å². The first kappa shape index (κ1) is 26.4. The fraction of sp³-hybridized carbons (Fsp3) is 0.562. The fourth-order valence-electron chi connectivity index (χ4n) is 8.38. The maximum absolute atomic E-state index is 13.6. The van der Waals surface area contributed by atoms with Crippen LogP contribution in [0.15, 0.2) is 47.6 Å². The molecule has 3 aromatic rings. The highest BCUT2D eigenvalue weighted by Gasteiger charge is 2.85. The van der Waals surface area contributed by atoms with Crippen molar-refractivity contribution in [3.05, 3.63) is 48.2 Å². The molecule has 0 aromatic carbocycles. The molecule has 4 bridgehead atoms. The minimum absolute atomic E-state index is 0.131. The molecule has 42 heavy (non-hydrogen) atoms. The number of nitrogens with one attached hydrogen (secondary N) is 2. The molecule has 2 N–H and O–H groups in total. The smallest absolute Gasteiger partial charge is 0.265 e. The molecule has 2 aliphatic heterocycles. The van der Waals surface area contributed by atoms with E-state index in [2.05, 4.69) is 33.8 Å². The molecule has 5 aliphatic rings. The van der Waals surface area contributed by atoms with E-state index in [1.807, 2.05) is 42.6 Å². The number of hydrogen-bond donors (Lipinski definition) is 2. The highest BCUT2D eigenvalue weighted by Crippen LogP contribution is 2.93. The second-order valence-corrected chi connectivity index (χ2v) is 14.4. The summed E-state index contributed by atoms with van der Waals surface area (Å²) in [4.78, 5) is 25.6. The lowest BCUT2D eigenvalue weighted by atomic mass is 9.93. The summed E-state index contributed by atoms with van der Waals surface area (Å²) >= 11 is 1.23. The molecule has 220 valence electrons. The average molecular weight is 586 g/mol. The summed E-state index contributed by atoms with van der Waals surface area (Å²) in [5.41, 5.74) is 1.84. The number of carbonyl (C=O) groups excluding carboxylic acids is 1. The van der Waals surface area contributed by atoms with Crippen molar-refractivity contribution >= 4 is 29.5 Å². The van der Waals surface area contributed by atoms with Crippen molar-refractivity contribution in [2.75, 3.05) is 29.9 Å². The zero-order valence-corrected chi connectivity index (χ0v) is 25.3. The first-order valence-corrected chi connectivity index (χ1v) is 16.3. The first-order valence-electron chi connectivity index (χ1n) is 15.5. The number of aromatic nitrogens is 4. The Bertz CT molecular complexity index is 1510. The molecule has 2 spiro atoms. The topological polar surface area (TPSA) is 97.2 Å². The van der Waals surface area contributed by atoms with E-state index in [9.17, 15) is 4.79 Å². The number of ether oxygens (including phenoxy) is 1. The minimum Gasteiger partial charge on any atom is -0.477 e. The number of hydrogen-bond acceptors (Lipinski definition) is 8. The van der Waals surface area contributed by atoms with Crippen molar-refractivity contribution in [2.24, 2.45) is 22.7 Å². The zero-order chi connectivity index (χ0) is 28.5. The molecule has 3 aromatic heterocycles. The van der Waals surface area contributed by atoms with E-state index < -0.39 is 0 Å². The molecule has 5 heterocycles. The van der Waals surface area contributed by atoms with Crippen LogP contribution in [0.2, 0.25) is 0 Å². The Balaban J connectivity index is 1.04. The summed E-state index contributed by atoms with van der Waals surface area (Å²) in [5.74, 6) is 4.03. The Morgan fingerprint density at radius 3 is 2.71 bits per heavy atom. The third kappa shape index (κ3) is 4.44. The Labute approximate surface area is 251 Å². The number of anilines is 2. The van der Waals surface area contributed by atoms with Crippen molar-refractivity contribution in [3.8, 4) is 11.7 Å². The Morgan fingerprint density at radius 2 is 1.90 bits per heavy atom. The lowest BCUT2D eigenvalue weighted by molar-refractivity contribution is 0.0984. The van der Waals surface area contributed by atoms with E-state index in [0.29, 0.717) is 39.8 Å². The van der Waals surface area contributed by atoms with Gasteiger partial charge in [-0.15, -0.1) is 5.10 Å². The van der Waals surface area contributed by atoms with E-state index in [1.54, 1.807) is 4.68 Å². The summed E-state index contributed by atoms with van der Waals surface area (Å²) in [7, 11) is 0. The van der Waals surface area contributed by atoms with Gasteiger partial charge in [0.25, 0.3) is 5.91 Å². The zero-order valence-electron chi connectivity index (χ0n) is 24.4. The van der Waals surface area contributed by atoms with Gasteiger partial charge in [0, 0.05) is 42.8 Å². The molecule has 3 aliphatic carbocycles. The van der Waals surface area contributed by atoms with Gasteiger partial charge in [0.05, 0.1) is 12.2 Å². The van der Waals surface area contributed by atoms with Crippen molar-refractivity contribution in [1.82, 2.24) is 24.5 Å². The van der Waals surface area contributed by atoms with Gasteiger partial charge in [0.1, 0.15) is 16.7 Å². The van der Waals surface area contributed by atoms with Crippen LogP contribution in [0.1, 0.15) is 75.6 Å². The van der Waals surface area contributed by atoms with Gasteiger partial charge in [-0.2, -0.15) is 0 Å². The summed E-state index contributed by atoms with van der Waals surface area (Å²) in [6, 6.07) is 11.5. The average Bonchev–Trinajstić information content (AvgIpc) is 3.93. The van der Waals surface area contributed by atoms with Crippen LogP contribution in [-0.2, 0) is 0 Å². The van der Waals surface area contributed by atoms with Crippen LogP contribution in [0.4, 0.5) is 11.6 Å². The summed E-state index contributed by atoms with van der Waals surface area (Å²) in [6.07, 6.45) is 12.0. The number of amides is 1. The second-order valence-electron chi connectivity index (χ2n) is 13.6. The largest absolute Gasteiger partial charge is 0.477 e. The van der Waals surface area contributed by atoms with Crippen LogP contribution in [-0.4, -0.2) is 50.9 Å². The molecule has 8 rings (SSSR count). The normalized spacial score (nSPS) is 24.8. The van der Waals surface area contributed by atoms with Crippen molar-refractivity contribution in [2.45, 2.75) is 75.8 Å². The molecule has 4 fully saturated rings. The number of rotatable bonds is 5. The number of fused-ring (bicyclic) bond motifs is 7. The molecule has 9 nitrogen and oxygen atoms in total. The lowest BCUT2D eigenvalue weighted by Crippen LogP contribution is -2.40. The van der Waals surface area contributed by atoms with E-state index >= 15 is 0 Å². The van der Waals surface area contributed by atoms with E-state index in [-0.39, 0.29) is 11.4 Å². The predicted octanol–water partition coefficient (Wildman–Crippen LogP) is 5.87. The fourth-order valence-corrected chi connectivity index (χ4v) is 8.98. The molecule has 1 unspecified atom stereocenters. The summed E-state index contributed by atoms with van der Waals surface area (Å²) in [5, 5.41) is 8.89. The van der Waals surface area contributed by atoms with Crippen molar-refractivity contribution in [3.63, 3.8) is 0 Å². The Morgan fingerprint density at radius 1 is 1.07 bits per heavy atom. The lowest BCUT2D eigenvalue weighted by Gasteiger charge is -2.34. The Kier molecular flexibility index (Phi) is 6.04. The van der Waals surface area contributed by atoms with E-state index in [1.165, 1.54) is 37.6 Å². The molecular weight excluding hydrogens is 546 g/mol. The number of nitrogens with zero attached hydrogens (tertiary/aromatic N) is 5. The first-order chi connectivity index (χ1) is 20.4. The van der Waals surface area contributed by atoms with Crippen LogP contribution in [0, 0.1) is 22.7 Å². The van der Waals surface area contributed by atoms with Gasteiger partial charge in [-0.05, 0) is 112 Å². The van der Waals surface area contributed by atoms with Gasteiger partial charge in [-0.3, -0.25) is 9.52 Å². The van der Waals surface area contributed by atoms with Gasteiger partial charge in [0.15, 0.2) is 5.82 Å². The SMILES string of the molecule is CC1(C)CC2CCCNc3cccc(n3)SNC(=O)c3ccc(-n4ccc(OCCC5C6(CC6)C56CC6)n4)nc3N1C2. The van der Waals surface area contributed by atoms with Gasteiger partial charge in [-0.25, -0.2) is 14.6 Å². The maximum atomic E-state index is 13.6. The molecule has 1 atom stereocenters. The van der Waals surface area contributed by atoms with E-state index in [4.69, 9.17) is 14.8 Å².